The van der Waals surface area contributed by atoms with Gasteiger partial charge in [0.1, 0.15) is 11.6 Å². The second-order valence-corrected chi connectivity index (χ2v) is 5.09. The highest BCUT2D eigenvalue weighted by molar-refractivity contribution is 7.98. The van der Waals surface area contributed by atoms with E-state index in [1.54, 1.807) is 24.9 Å². The number of thioether (sulfide) groups is 1. The smallest absolute Gasteiger partial charge is 0.122 e. The Kier molecular flexibility index (Phi) is 4.47. The van der Waals surface area contributed by atoms with Gasteiger partial charge in [-0.1, -0.05) is 18.2 Å². The topological polar surface area (TPSA) is 59.1 Å². The summed E-state index contributed by atoms with van der Waals surface area (Å²) >= 11 is 1.73. The van der Waals surface area contributed by atoms with Crippen LogP contribution in [0.5, 0.6) is 5.75 Å². The maximum absolute atomic E-state index is 7.49. The minimum Gasteiger partial charge on any atom is -0.496 e. The standard InChI is InChI=1S/C15H16N2OS/c1-18-14-8-7-11(15(16)17)9-12(14)10-19-13-5-3-2-4-6-13/h2-9H,10H2,1H3,(H3,16,17). The van der Waals surface area contributed by atoms with Crippen LogP contribution in [0.4, 0.5) is 0 Å². The van der Waals surface area contributed by atoms with Crippen molar-refractivity contribution in [3.63, 3.8) is 0 Å². The predicted molar refractivity (Wildman–Crippen MR) is 80.0 cm³/mol. The molecule has 0 fully saturated rings. The third-order valence-corrected chi connectivity index (χ3v) is 3.79. The average Bonchev–Trinajstić information content (AvgIpc) is 2.45. The molecule has 2 aromatic carbocycles. The van der Waals surface area contributed by atoms with Gasteiger partial charge in [0.2, 0.25) is 0 Å². The highest BCUT2D eigenvalue weighted by atomic mass is 32.2. The minimum absolute atomic E-state index is 0.0774. The molecule has 0 aliphatic heterocycles. The second-order valence-electron chi connectivity index (χ2n) is 4.04. The molecule has 0 saturated heterocycles. The predicted octanol–water partition coefficient (Wildman–Crippen LogP) is 3.27. The number of ether oxygens (including phenoxy) is 1. The first-order valence-corrected chi connectivity index (χ1v) is 6.88. The van der Waals surface area contributed by atoms with Crippen molar-refractivity contribution >= 4 is 17.6 Å². The summed E-state index contributed by atoms with van der Waals surface area (Å²) in [6, 6.07) is 15.8. The molecule has 0 unspecified atom stereocenters. The maximum Gasteiger partial charge on any atom is 0.122 e. The lowest BCUT2D eigenvalue weighted by Gasteiger charge is -2.10. The molecule has 0 aliphatic rings. The summed E-state index contributed by atoms with van der Waals surface area (Å²) in [7, 11) is 1.65. The molecule has 3 nitrogen and oxygen atoms in total. The van der Waals surface area contributed by atoms with Crippen LogP contribution in [0.1, 0.15) is 11.1 Å². The third kappa shape index (κ3) is 3.51. The van der Waals surface area contributed by atoms with Crippen molar-refractivity contribution in [2.75, 3.05) is 7.11 Å². The molecule has 98 valence electrons. The normalized spacial score (nSPS) is 10.2. The molecular weight excluding hydrogens is 256 g/mol. The molecule has 2 aromatic rings. The van der Waals surface area contributed by atoms with Gasteiger partial charge in [0, 0.05) is 21.8 Å². The largest absolute Gasteiger partial charge is 0.496 e. The van der Waals surface area contributed by atoms with E-state index in [9.17, 15) is 0 Å². The highest BCUT2D eigenvalue weighted by Gasteiger charge is 2.06. The number of amidine groups is 1. The van der Waals surface area contributed by atoms with E-state index in [1.165, 1.54) is 4.90 Å². The summed E-state index contributed by atoms with van der Waals surface area (Å²) in [5, 5.41) is 7.49. The van der Waals surface area contributed by atoms with Crippen molar-refractivity contribution in [3.8, 4) is 5.75 Å². The number of benzene rings is 2. The Balaban J connectivity index is 2.18. The van der Waals surface area contributed by atoms with Crippen LogP contribution in [0.25, 0.3) is 0 Å². The maximum atomic E-state index is 7.49. The molecule has 0 aliphatic carbocycles. The molecule has 2 rings (SSSR count). The number of hydrogen-bond acceptors (Lipinski definition) is 3. The van der Waals surface area contributed by atoms with Crippen molar-refractivity contribution in [3.05, 3.63) is 59.7 Å². The van der Waals surface area contributed by atoms with E-state index in [4.69, 9.17) is 15.9 Å². The zero-order valence-corrected chi connectivity index (χ0v) is 11.5. The van der Waals surface area contributed by atoms with Gasteiger partial charge in [0.25, 0.3) is 0 Å². The first-order valence-electron chi connectivity index (χ1n) is 5.90. The Morgan fingerprint density at radius 2 is 1.95 bits per heavy atom. The Hall–Kier alpha value is -1.94. The number of nitrogens with one attached hydrogen (secondary N) is 1. The number of nitrogens with two attached hydrogens (primary N) is 1. The van der Waals surface area contributed by atoms with E-state index in [-0.39, 0.29) is 5.84 Å². The molecule has 0 spiro atoms. The van der Waals surface area contributed by atoms with Gasteiger partial charge in [-0.3, -0.25) is 5.41 Å². The fourth-order valence-electron chi connectivity index (χ4n) is 1.74. The second kappa shape index (κ2) is 6.29. The zero-order chi connectivity index (χ0) is 13.7. The van der Waals surface area contributed by atoms with Gasteiger partial charge in [-0.25, -0.2) is 0 Å². The third-order valence-electron chi connectivity index (χ3n) is 2.73. The van der Waals surface area contributed by atoms with Crippen LogP contribution in [0.3, 0.4) is 0 Å². The van der Waals surface area contributed by atoms with Crippen LogP contribution >= 0.6 is 11.8 Å². The van der Waals surface area contributed by atoms with Crippen LogP contribution in [-0.4, -0.2) is 12.9 Å². The summed E-state index contributed by atoms with van der Waals surface area (Å²) < 4.78 is 5.34. The lowest BCUT2D eigenvalue weighted by Crippen LogP contribution is -2.11. The molecule has 0 atom stereocenters. The Bertz CT molecular complexity index is 570. The summed E-state index contributed by atoms with van der Waals surface area (Å²) in [6.45, 7) is 0. The molecule has 19 heavy (non-hydrogen) atoms. The summed E-state index contributed by atoms with van der Waals surface area (Å²) in [5.41, 5.74) is 7.29. The lowest BCUT2D eigenvalue weighted by molar-refractivity contribution is 0.411. The molecule has 0 radical (unpaired) electrons. The van der Waals surface area contributed by atoms with Crippen molar-refractivity contribution in [2.45, 2.75) is 10.6 Å². The highest BCUT2D eigenvalue weighted by Crippen LogP contribution is 2.28. The van der Waals surface area contributed by atoms with Crippen LogP contribution in [0, 0.1) is 5.41 Å². The van der Waals surface area contributed by atoms with Gasteiger partial charge in [-0.2, -0.15) is 0 Å². The molecule has 3 N–H and O–H groups in total. The van der Waals surface area contributed by atoms with Gasteiger partial charge in [0.05, 0.1) is 7.11 Å². The van der Waals surface area contributed by atoms with E-state index in [0.29, 0.717) is 0 Å². The van der Waals surface area contributed by atoms with Gasteiger partial charge in [0.15, 0.2) is 0 Å². The number of nitrogen functional groups attached to an aromatic ring is 1. The zero-order valence-electron chi connectivity index (χ0n) is 10.7. The molecule has 0 heterocycles. The Morgan fingerprint density at radius 3 is 2.58 bits per heavy atom. The molecule has 0 bridgehead atoms. The Labute approximate surface area is 117 Å². The van der Waals surface area contributed by atoms with Gasteiger partial charge in [-0.05, 0) is 30.3 Å². The van der Waals surface area contributed by atoms with Crippen LogP contribution in [0.15, 0.2) is 53.4 Å². The van der Waals surface area contributed by atoms with Crippen LogP contribution < -0.4 is 10.5 Å². The van der Waals surface area contributed by atoms with Gasteiger partial charge >= 0.3 is 0 Å². The van der Waals surface area contributed by atoms with E-state index >= 15 is 0 Å². The molecule has 0 aromatic heterocycles. The fraction of sp³-hybridized carbons (Fsp3) is 0.133. The van der Waals surface area contributed by atoms with Crippen molar-refractivity contribution in [1.82, 2.24) is 0 Å². The number of rotatable bonds is 5. The quantitative estimate of drug-likeness (QED) is 0.499. The molecule has 0 amide bonds. The van der Waals surface area contributed by atoms with E-state index in [2.05, 4.69) is 12.1 Å². The van der Waals surface area contributed by atoms with Crippen LogP contribution in [-0.2, 0) is 5.75 Å². The average molecular weight is 272 g/mol. The molecule has 0 saturated carbocycles. The SMILES string of the molecule is COc1ccc(C(=N)N)cc1CSc1ccccc1. The van der Waals surface area contributed by atoms with E-state index in [1.807, 2.05) is 30.3 Å². The van der Waals surface area contributed by atoms with Gasteiger partial charge in [-0.15, -0.1) is 11.8 Å². The minimum atomic E-state index is 0.0774. The number of hydrogen-bond donors (Lipinski definition) is 2. The van der Waals surface area contributed by atoms with Gasteiger partial charge < -0.3 is 10.5 Å². The summed E-state index contributed by atoms with van der Waals surface area (Å²) in [4.78, 5) is 1.21. The lowest BCUT2D eigenvalue weighted by atomic mass is 10.1. The van der Waals surface area contributed by atoms with Crippen molar-refractivity contribution < 1.29 is 4.74 Å². The van der Waals surface area contributed by atoms with Crippen molar-refractivity contribution in [2.24, 2.45) is 5.73 Å². The first kappa shape index (κ1) is 13.5. The molecular formula is C15H16N2OS. The summed E-state index contributed by atoms with van der Waals surface area (Å²) in [6.07, 6.45) is 0. The van der Waals surface area contributed by atoms with E-state index < -0.39 is 0 Å². The molecule has 4 heteroatoms. The monoisotopic (exact) mass is 272 g/mol. The van der Waals surface area contributed by atoms with Crippen LogP contribution in [0.2, 0.25) is 0 Å². The number of methoxy groups -OCH3 is 1. The summed E-state index contributed by atoms with van der Waals surface area (Å²) in [5.74, 6) is 1.69. The fourth-order valence-corrected chi connectivity index (χ4v) is 2.63. The van der Waals surface area contributed by atoms with E-state index in [0.717, 1.165) is 22.6 Å². The Morgan fingerprint density at radius 1 is 1.21 bits per heavy atom. The first-order chi connectivity index (χ1) is 9.20. The van der Waals surface area contributed by atoms with Crippen molar-refractivity contribution in [1.29, 1.82) is 5.41 Å².